The number of likely N-dealkylation sites (N-methyl/N-ethyl adjacent to an activating group) is 1. The van der Waals surface area contributed by atoms with Crippen molar-refractivity contribution in [2.24, 2.45) is 0 Å². The number of aryl methyl sites for hydroxylation is 1. The van der Waals surface area contributed by atoms with Gasteiger partial charge in [0.25, 0.3) is 0 Å². The van der Waals surface area contributed by atoms with E-state index in [4.69, 9.17) is 0 Å². The Morgan fingerprint density at radius 3 is 2.25 bits per heavy atom. The fourth-order valence-electron chi connectivity index (χ4n) is 3.34. The minimum Gasteiger partial charge on any atom is -0.355 e. The van der Waals surface area contributed by atoms with Gasteiger partial charge in [-0.2, -0.15) is 0 Å². The van der Waals surface area contributed by atoms with Crippen LogP contribution in [0.2, 0.25) is 0 Å². The molecule has 0 spiro atoms. The van der Waals surface area contributed by atoms with Crippen molar-refractivity contribution in [1.29, 1.82) is 0 Å². The molecule has 2 aromatic rings. The van der Waals surface area contributed by atoms with Crippen molar-refractivity contribution in [2.45, 2.75) is 39.8 Å². The molecule has 0 aliphatic rings. The number of sulfonamides is 1. The third-order valence-corrected chi connectivity index (χ3v) is 6.76. The molecule has 0 aliphatic heterocycles. The van der Waals surface area contributed by atoms with E-state index in [2.05, 4.69) is 21.2 Å². The largest absolute Gasteiger partial charge is 0.355 e. The molecule has 1 unspecified atom stereocenters. The lowest BCUT2D eigenvalue weighted by Gasteiger charge is -2.32. The van der Waals surface area contributed by atoms with E-state index in [-0.39, 0.29) is 12.5 Å². The summed E-state index contributed by atoms with van der Waals surface area (Å²) < 4.78 is 27.3. The van der Waals surface area contributed by atoms with Crippen LogP contribution in [0.25, 0.3) is 0 Å². The van der Waals surface area contributed by atoms with Gasteiger partial charge in [0.2, 0.25) is 21.8 Å². The summed E-state index contributed by atoms with van der Waals surface area (Å²) >= 11 is 3.39. The second-order valence-electron chi connectivity index (χ2n) is 7.47. The SMILES string of the molecule is CCNC(=O)C(C)N(Cc1ccc(Br)cc1)C(=O)CN(c1ccccc1CC)S(C)(=O)=O. The highest BCUT2D eigenvalue weighted by Crippen LogP contribution is 2.24. The van der Waals surface area contributed by atoms with E-state index in [0.717, 1.165) is 26.2 Å². The molecule has 2 rings (SSSR count). The average Bonchev–Trinajstić information content (AvgIpc) is 2.75. The number of hydrogen-bond acceptors (Lipinski definition) is 4. The van der Waals surface area contributed by atoms with E-state index in [1.54, 1.807) is 26.0 Å². The van der Waals surface area contributed by atoms with Gasteiger partial charge in [-0.05, 0) is 49.6 Å². The monoisotopic (exact) mass is 523 g/mol. The lowest BCUT2D eigenvalue weighted by atomic mass is 10.1. The van der Waals surface area contributed by atoms with Crippen LogP contribution >= 0.6 is 15.9 Å². The summed E-state index contributed by atoms with van der Waals surface area (Å²) in [6.07, 6.45) is 1.70. The second kappa shape index (κ2) is 11.5. The smallest absolute Gasteiger partial charge is 0.244 e. The summed E-state index contributed by atoms with van der Waals surface area (Å²) in [5.74, 6) is -0.749. The van der Waals surface area contributed by atoms with Crippen LogP contribution in [0.3, 0.4) is 0 Å². The van der Waals surface area contributed by atoms with E-state index < -0.39 is 28.5 Å². The third-order valence-electron chi connectivity index (χ3n) is 5.10. The summed E-state index contributed by atoms with van der Waals surface area (Å²) in [5, 5.41) is 2.74. The molecule has 0 aliphatic carbocycles. The van der Waals surface area contributed by atoms with Crippen LogP contribution in [0.15, 0.2) is 53.0 Å². The maximum Gasteiger partial charge on any atom is 0.244 e. The summed E-state index contributed by atoms with van der Waals surface area (Å²) in [4.78, 5) is 27.4. The van der Waals surface area contributed by atoms with Crippen molar-refractivity contribution in [3.05, 3.63) is 64.1 Å². The third kappa shape index (κ3) is 6.80. The Hall–Kier alpha value is -2.39. The highest BCUT2D eigenvalue weighted by molar-refractivity contribution is 9.10. The van der Waals surface area contributed by atoms with Crippen LogP contribution < -0.4 is 9.62 Å². The van der Waals surface area contributed by atoms with Crippen molar-refractivity contribution >= 4 is 43.5 Å². The molecule has 32 heavy (non-hydrogen) atoms. The number of carbonyl (C=O) groups excluding carboxylic acids is 2. The number of rotatable bonds is 10. The molecular weight excluding hydrogens is 494 g/mol. The van der Waals surface area contributed by atoms with Crippen LogP contribution in [0.1, 0.15) is 31.9 Å². The Morgan fingerprint density at radius 1 is 1.06 bits per heavy atom. The van der Waals surface area contributed by atoms with Gasteiger partial charge in [0.05, 0.1) is 11.9 Å². The van der Waals surface area contributed by atoms with E-state index in [9.17, 15) is 18.0 Å². The summed E-state index contributed by atoms with van der Waals surface area (Å²) in [6, 6.07) is 13.8. The van der Waals surface area contributed by atoms with E-state index in [1.807, 2.05) is 43.3 Å². The van der Waals surface area contributed by atoms with Gasteiger partial charge in [-0.15, -0.1) is 0 Å². The highest BCUT2D eigenvalue weighted by Gasteiger charge is 2.30. The Bertz CT molecular complexity index is 1040. The van der Waals surface area contributed by atoms with Gasteiger partial charge in [-0.25, -0.2) is 8.42 Å². The van der Waals surface area contributed by atoms with Crippen molar-refractivity contribution in [3.63, 3.8) is 0 Å². The predicted molar refractivity (Wildman–Crippen MR) is 131 cm³/mol. The molecular formula is C23H30BrN3O4S. The van der Waals surface area contributed by atoms with Crippen molar-refractivity contribution in [1.82, 2.24) is 10.2 Å². The molecule has 0 saturated heterocycles. The zero-order chi connectivity index (χ0) is 23.9. The summed E-state index contributed by atoms with van der Waals surface area (Å²) in [6.45, 7) is 5.60. The number of halogens is 1. The number of nitrogens with zero attached hydrogens (tertiary/aromatic N) is 2. The van der Waals surface area contributed by atoms with Crippen molar-refractivity contribution in [3.8, 4) is 0 Å². The van der Waals surface area contributed by atoms with Crippen LogP contribution in [-0.2, 0) is 32.6 Å². The summed E-state index contributed by atoms with van der Waals surface area (Å²) in [5.41, 5.74) is 2.12. The minimum absolute atomic E-state index is 0.178. The van der Waals surface area contributed by atoms with Crippen LogP contribution in [-0.4, -0.2) is 50.5 Å². The normalized spacial score (nSPS) is 12.2. The van der Waals surface area contributed by atoms with E-state index in [0.29, 0.717) is 18.7 Å². The van der Waals surface area contributed by atoms with E-state index in [1.165, 1.54) is 4.90 Å². The number of benzene rings is 2. The number of anilines is 1. The zero-order valence-corrected chi connectivity index (χ0v) is 21.2. The van der Waals surface area contributed by atoms with Crippen molar-refractivity contribution in [2.75, 3.05) is 23.7 Å². The molecule has 2 amide bonds. The lowest BCUT2D eigenvalue weighted by molar-refractivity contribution is -0.139. The maximum atomic E-state index is 13.4. The number of nitrogens with one attached hydrogen (secondary N) is 1. The van der Waals surface area contributed by atoms with Gasteiger partial charge in [0.15, 0.2) is 0 Å². The van der Waals surface area contributed by atoms with Gasteiger partial charge in [0.1, 0.15) is 12.6 Å². The van der Waals surface area contributed by atoms with Gasteiger partial charge in [-0.1, -0.05) is 53.2 Å². The van der Waals surface area contributed by atoms with Crippen LogP contribution in [0.4, 0.5) is 5.69 Å². The predicted octanol–water partition coefficient (Wildman–Crippen LogP) is 3.33. The van der Waals surface area contributed by atoms with Gasteiger partial charge in [0, 0.05) is 17.6 Å². The van der Waals surface area contributed by atoms with Crippen molar-refractivity contribution < 1.29 is 18.0 Å². The minimum atomic E-state index is -3.73. The van der Waals surface area contributed by atoms with Gasteiger partial charge < -0.3 is 10.2 Å². The number of hydrogen-bond donors (Lipinski definition) is 1. The quantitative estimate of drug-likeness (QED) is 0.517. The number of amides is 2. The van der Waals surface area contributed by atoms with E-state index >= 15 is 0 Å². The molecule has 9 heteroatoms. The van der Waals surface area contributed by atoms with Gasteiger partial charge >= 0.3 is 0 Å². The fraction of sp³-hybridized carbons (Fsp3) is 0.391. The molecule has 0 aromatic heterocycles. The average molecular weight is 524 g/mol. The number of carbonyl (C=O) groups is 2. The number of para-hydroxylation sites is 1. The Balaban J connectivity index is 2.41. The molecule has 1 N–H and O–H groups in total. The Labute approximate surface area is 199 Å². The second-order valence-corrected chi connectivity index (χ2v) is 10.3. The maximum absolute atomic E-state index is 13.4. The standard InChI is InChI=1S/C23H30BrN3O4S/c1-5-19-9-7-8-10-21(19)27(32(4,30)31)16-22(28)26(17(3)23(29)25-6-2)15-18-11-13-20(24)14-12-18/h7-14,17H,5-6,15-16H2,1-4H3,(H,25,29). The molecule has 7 nitrogen and oxygen atoms in total. The lowest BCUT2D eigenvalue weighted by Crippen LogP contribution is -2.51. The molecule has 0 bridgehead atoms. The topological polar surface area (TPSA) is 86.8 Å². The van der Waals surface area contributed by atoms with Crippen LogP contribution in [0, 0.1) is 0 Å². The first-order chi connectivity index (χ1) is 15.1. The molecule has 2 aromatic carbocycles. The zero-order valence-electron chi connectivity index (χ0n) is 18.8. The first-order valence-corrected chi connectivity index (χ1v) is 13.1. The van der Waals surface area contributed by atoms with Crippen LogP contribution in [0.5, 0.6) is 0 Å². The first-order valence-electron chi connectivity index (χ1n) is 10.5. The highest BCUT2D eigenvalue weighted by atomic mass is 79.9. The molecule has 0 fully saturated rings. The molecule has 0 heterocycles. The van der Waals surface area contributed by atoms with Gasteiger partial charge in [-0.3, -0.25) is 13.9 Å². The molecule has 0 radical (unpaired) electrons. The Kier molecular flexibility index (Phi) is 9.27. The molecule has 0 saturated carbocycles. The summed E-state index contributed by atoms with van der Waals surface area (Å²) in [7, 11) is -3.73. The Morgan fingerprint density at radius 2 is 1.69 bits per heavy atom. The fourth-order valence-corrected chi connectivity index (χ4v) is 4.48. The first kappa shape index (κ1) is 25.9. The molecule has 174 valence electrons. The molecule has 1 atom stereocenters.